The average molecular weight is 374 g/mol. The average Bonchev–Trinajstić information content (AvgIpc) is 2.77. The number of halogens is 1. The van der Waals surface area contributed by atoms with Crippen LogP contribution < -0.4 is 11.1 Å². The minimum absolute atomic E-state index is 0. The maximum atomic E-state index is 5.76. The molecular weight excluding hydrogens is 355 g/mol. The van der Waals surface area contributed by atoms with Crippen LogP contribution in [0.3, 0.4) is 0 Å². The van der Waals surface area contributed by atoms with E-state index in [0.29, 0.717) is 18.4 Å². The topological polar surface area (TPSA) is 80.6 Å². The fourth-order valence-corrected chi connectivity index (χ4v) is 1.52. The summed E-state index contributed by atoms with van der Waals surface area (Å²) >= 11 is 0. The summed E-state index contributed by atoms with van der Waals surface area (Å²) in [5.41, 5.74) is 6.58. The lowest BCUT2D eigenvalue weighted by molar-refractivity contribution is 0.621. The predicted octanol–water partition coefficient (Wildman–Crippen LogP) is 1.41. The molecule has 7 heteroatoms. The van der Waals surface area contributed by atoms with Crippen LogP contribution >= 0.6 is 24.0 Å². The lowest BCUT2D eigenvalue weighted by Crippen LogP contribution is -2.34. The van der Waals surface area contributed by atoms with Crippen molar-refractivity contribution in [3.8, 4) is 0 Å². The van der Waals surface area contributed by atoms with Gasteiger partial charge in [-0.2, -0.15) is 0 Å². The number of rotatable bonds is 4. The summed E-state index contributed by atoms with van der Waals surface area (Å²) in [6, 6.07) is 5.76. The van der Waals surface area contributed by atoms with E-state index in [1.165, 1.54) is 0 Å². The molecule has 6 nitrogen and oxygen atoms in total. The van der Waals surface area contributed by atoms with Gasteiger partial charge in [0, 0.05) is 12.7 Å². The SMILES string of the molecule is CC(C)CNC(N)=NCc1nnc2ccccn12.I. The van der Waals surface area contributed by atoms with Crippen molar-refractivity contribution in [2.75, 3.05) is 6.54 Å². The van der Waals surface area contributed by atoms with Crippen LogP contribution in [0.2, 0.25) is 0 Å². The Bertz CT molecular complexity index is 548. The molecule has 0 amide bonds. The Morgan fingerprint density at radius 1 is 1.42 bits per heavy atom. The van der Waals surface area contributed by atoms with Crippen LogP contribution in [0.5, 0.6) is 0 Å². The number of nitrogens with zero attached hydrogens (tertiary/aromatic N) is 4. The fraction of sp³-hybridized carbons (Fsp3) is 0.417. The van der Waals surface area contributed by atoms with Gasteiger partial charge in [-0.25, -0.2) is 4.99 Å². The summed E-state index contributed by atoms with van der Waals surface area (Å²) in [6.45, 7) is 5.47. The molecular formula is C12H19IN6. The number of aliphatic imine (C=N–C) groups is 1. The Hall–Kier alpha value is -1.38. The zero-order valence-electron chi connectivity index (χ0n) is 11.1. The van der Waals surface area contributed by atoms with Crippen molar-refractivity contribution in [3.63, 3.8) is 0 Å². The Labute approximate surface area is 129 Å². The van der Waals surface area contributed by atoms with Gasteiger partial charge < -0.3 is 11.1 Å². The van der Waals surface area contributed by atoms with E-state index in [1.807, 2.05) is 28.8 Å². The lowest BCUT2D eigenvalue weighted by Gasteiger charge is -2.07. The van der Waals surface area contributed by atoms with E-state index >= 15 is 0 Å². The molecule has 0 aliphatic heterocycles. The normalized spacial score (nSPS) is 11.6. The van der Waals surface area contributed by atoms with Gasteiger partial charge in [0.05, 0.1) is 0 Å². The number of hydrogen-bond donors (Lipinski definition) is 2. The van der Waals surface area contributed by atoms with E-state index in [1.54, 1.807) is 0 Å². The molecule has 0 radical (unpaired) electrons. The molecule has 0 saturated carbocycles. The van der Waals surface area contributed by atoms with Crippen molar-refractivity contribution in [1.82, 2.24) is 19.9 Å². The van der Waals surface area contributed by atoms with E-state index < -0.39 is 0 Å². The number of nitrogens with two attached hydrogens (primary N) is 1. The molecule has 0 saturated heterocycles. The molecule has 0 aliphatic carbocycles. The lowest BCUT2D eigenvalue weighted by atomic mass is 10.2. The number of nitrogens with one attached hydrogen (secondary N) is 1. The van der Waals surface area contributed by atoms with Crippen molar-refractivity contribution in [2.24, 2.45) is 16.6 Å². The van der Waals surface area contributed by atoms with Gasteiger partial charge in [-0.05, 0) is 18.1 Å². The van der Waals surface area contributed by atoms with Crippen LogP contribution in [-0.2, 0) is 6.54 Å². The van der Waals surface area contributed by atoms with Gasteiger partial charge in [0.15, 0.2) is 17.4 Å². The third kappa shape index (κ3) is 4.34. The van der Waals surface area contributed by atoms with Crippen LogP contribution in [0.25, 0.3) is 5.65 Å². The first-order chi connectivity index (χ1) is 8.66. The molecule has 0 atom stereocenters. The fourth-order valence-electron chi connectivity index (χ4n) is 1.52. The second-order valence-corrected chi connectivity index (χ2v) is 4.52. The van der Waals surface area contributed by atoms with Gasteiger partial charge in [0.1, 0.15) is 6.54 Å². The number of hydrogen-bond acceptors (Lipinski definition) is 3. The second-order valence-electron chi connectivity index (χ2n) is 4.52. The molecule has 0 unspecified atom stereocenters. The zero-order chi connectivity index (χ0) is 13.0. The van der Waals surface area contributed by atoms with Crippen LogP contribution in [0.1, 0.15) is 19.7 Å². The largest absolute Gasteiger partial charge is 0.370 e. The maximum absolute atomic E-state index is 5.76. The number of pyridine rings is 1. The summed E-state index contributed by atoms with van der Waals surface area (Å²) in [6.07, 6.45) is 1.91. The van der Waals surface area contributed by atoms with E-state index in [0.717, 1.165) is 18.0 Å². The molecule has 2 rings (SSSR count). The summed E-state index contributed by atoms with van der Waals surface area (Å²) in [5.74, 6) is 1.75. The van der Waals surface area contributed by atoms with Crippen molar-refractivity contribution in [3.05, 3.63) is 30.2 Å². The van der Waals surface area contributed by atoms with Crippen molar-refractivity contribution >= 4 is 35.6 Å². The van der Waals surface area contributed by atoms with Gasteiger partial charge in [-0.1, -0.05) is 19.9 Å². The quantitative estimate of drug-likeness (QED) is 0.482. The molecule has 19 heavy (non-hydrogen) atoms. The Balaban J connectivity index is 0.00000180. The molecule has 0 bridgehead atoms. The molecule has 2 aromatic heterocycles. The van der Waals surface area contributed by atoms with E-state index in [9.17, 15) is 0 Å². The monoisotopic (exact) mass is 374 g/mol. The third-order valence-electron chi connectivity index (χ3n) is 2.47. The molecule has 0 spiro atoms. The van der Waals surface area contributed by atoms with Crippen molar-refractivity contribution in [2.45, 2.75) is 20.4 Å². The van der Waals surface area contributed by atoms with Crippen molar-refractivity contribution < 1.29 is 0 Å². The molecule has 0 fully saturated rings. The second kappa shape index (κ2) is 7.27. The van der Waals surface area contributed by atoms with Gasteiger partial charge in [-0.15, -0.1) is 34.2 Å². The standard InChI is InChI=1S/C12H18N6.HI/c1-9(2)7-14-12(13)15-8-11-17-16-10-5-3-4-6-18(10)11;/h3-6,9H,7-8H2,1-2H3,(H3,13,14,15);1H. The predicted molar refractivity (Wildman–Crippen MR) is 86.6 cm³/mol. The molecule has 0 aliphatic rings. The van der Waals surface area contributed by atoms with Crippen LogP contribution in [0.4, 0.5) is 0 Å². The smallest absolute Gasteiger partial charge is 0.189 e. The molecule has 3 N–H and O–H groups in total. The molecule has 0 aromatic carbocycles. The first-order valence-corrected chi connectivity index (χ1v) is 5.99. The van der Waals surface area contributed by atoms with Crippen molar-refractivity contribution in [1.29, 1.82) is 0 Å². The minimum Gasteiger partial charge on any atom is -0.370 e. The zero-order valence-corrected chi connectivity index (χ0v) is 13.4. The van der Waals surface area contributed by atoms with E-state index in [4.69, 9.17) is 5.73 Å². The number of guanidine groups is 1. The van der Waals surface area contributed by atoms with Gasteiger partial charge >= 0.3 is 0 Å². The Kier molecular flexibility index (Phi) is 6.00. The molecule has 2 aromatic rings. The van der Waals surface area contributed by atoms with Crippen LogP contribution in [0.15, 0.2) is 29.4 Å². The Morgan fingerprint density at radius 3 is 2.95 bits per heavy atom. The highest BCUT2D eigenvalue weighted by molar-refractivity contribution is 14.0. The maximum Gasteiger partial charge on any atom is 0.189 e. The van der Waals surface area contributed by atoms with E-state index in [-0.39, 0.29) is 24.0 Å². The molecule has 104 valence electrons. The highest BCUT2D eigenvalue weighted by Gasteiger charge is 2.03. The summed E-state index contributed by atoms with van der Waals surface area (Å²) in [7, 11) is 0. The highest BCUT2D eigenvalue weighted by Crippen LogP contribution is 2.03. The highest BCUT2D eigenvalue weighted by atomic mass is 127. The van der Waals surface area contributed by atoms with Crippen LogP contribution in [-0.4, -0.2) is 27.1 Å². The van der Waals surface area contributed by atoms with Gasteiger partial charge in [-0.3, -0.25) is 4.40 Å². The number of aromatic nitrogens is 3. The number of fused-ring (bicyclic) bond motifs is 1. The van der Waals surface area contributed by atoms with Gasteiger partial charge in [0.25, 0.3) is 0 Å². The van der Waals surface area contributed by atoms with E-state index in [2.05, 4.69) is 34.4 Å². The van der Waals surface area contributed by atoms with Gasteiger partial charge in [0.2, 0.25) is 0 Å². The third-order valence-corrected chi connectivity index (χ3v) is 2.47. The first-order valence-electron chi connectivity index (χ1n) is 5.99. The van der Waals surface area contributed by atoms with Crippen LogP contribution in [0, 0.1) is 5.92 Å². The Morgan fingerprint density at radius 2 is 2.21 bits per heavy atom. The summed E-state index contributed by atoms with van der Waals surface area (Å²) in [4.78, 5) is 4.25. The minimum atomic E-state index is 0. The summed E-state index contributed by atoms with van der Waals surface area (Å²) < 4.78 is 1.90. The molecule has 2 heterocycles. The first kappa shape index (κ1) is 15.7. The summed E-state index contributed by atoms with van der Waals surface area (Å²) in [5, 5.41) is 11.2.